The van der Waals surface area contributed by atoms with Crippen molar-refractivity contribution < 1.29 is 4.79 Å². The summed E-state index contributed by atoms with van der Waals surface area (Å²) in [6.45, 7) is 2.41. The number of pyridine rings is 1. The number of aromatic amines is 1. The summed E-state index contributed by atoms with van der Waals surface area (Å²) in [7, 11) is 0. The van der Waals surface area contributed by atoms with E-state index in [-0.39, 0.29) is 16.9 Å². The summed E-state index contributed by atoms with van der Waals surface area (Å²) >= 11 is 1.58. The highest BCUT2D eigenvalue weighted by Crippen LogP contribution is 2.07. The lowest BCUT2D eigenvalue weighted by Gasteiger charge is -2.02. The van der Waals surface area contributed by atoms with Crippen molar-refractivity contribution in [1.82, 2.24) is 15.3 Å². The van der Waals surface area contributed by atoms with Gasteiger partial charge < -0.3 is 10.3 Å². The lowest BCUT2D eigenvalue weighted by molar-refractivity contribution is 0.0952. The van der Waals surface area contributed by atoms with E-state index in [9.17, 15) is 9.59 Å². The molecule has 6 heteroatoms. The number of nitrogens with zero attached hydrogens (tertiary/aromatic N) is 1. The fourth-order valence-corrected chi connectivity index (χ4v) is 2.16. The monoisotopic (exact) mass is 263 g/mol. The van der Waals surface area contributed by atoms with Gasteiger partial charge in [-0.1, -0.05) is 0 Å². The van der Waals surface area contributed by atoms with Crippen LogP contribution in [0.5, 0.6) is 0 Å². The van der Waals surface area contributed by atoms with Gasteiger partial charge >= 0.3 is 0 Å². The molecule has 0 saturated heterocycles. The van der Waals surface area contributed by atoms with Crippen LogP contribution in [0.3, 0.4) is 0 Å². The maximum atomic E-state index is 11.7. The van der Waals surface area contributed by atoms with Crippen molar-refractivity contribution in [3.63, 3.8) is 0 Å². The molecular weight excluding hydrogens is 250 g/mol. The van der Waals surface area contributed by atoms with Gasteiger partial charge in [-0.25, -0.2) is 4.98 Å². The minimum absolute atomic E-state index is 0.131. The zero-order valence-corrected chi connectivity index (χ0v) is 10.7. The van der Waals surface area contributed by atoms with Crippen molar-refractivity contribution in [2.24, 2.45) is 0 Å². The maximum Gasteiger partial charge on any atom is 0.256 e. The molecule has 2 heterocycles. The topological polar surface area (TPSA) is 74.8 Å². The molecule has 0 spiro atoms. The van der Waals surface area contributed by atoms with Crippen LogP contribution in [-0.2, 0) is 6.42 Å². The van der Waals surface area contributed by atoms with E-state index >= 15 is 0 Å². The average Bonchev–Trinajstić information content (AvgIpc) is 2.75. The minimum Gasteiger partial charge on any atom is -0.367 e. The molecule has 18 heavy (non-hydrogen) atoms. The standard InChI is InChI=1S/C12H13N3O2S/c1-8-15-9(7-18-8)2-5-14-12(17)10-6-13-4-3-11(10)16/h3-4,6-7H,2,5H2,1H3,(H,13,16)(H,14,17). The van der Waals surface area contributed by atoms with Crippen molar-refractivity contribution >= 4 is 17.2 Å². The first-order chi connectivity index (χ1) is 8.66. The number of aromatic nitrogens is 2. The largest absolute Gasteiger partial charge is 0.367 e. The van der Waals surface area contributed by atoms with Gasteiger partial charge in [0.05, 0.1) is 10.7 Å². The van der Waals surface area contributed by atoms with E-state index in [4.69, 9.17) is 0 Å². The molecule has 0 bridgehead atoms. The molecule has 5 nitrogen and oxygen atoms in total. The molecule has 94 valence electrons. The summed E-state index contributed by atoms with van der Waals surface area (Å²) in [5, 5.41) is 5.68. The Labute approximate surface area is 108 Å². The second kappa shape index (κ2) is 5.59. The lowest BCUT2D eigenvalue weighted by Crippen LogP contribution is -2.30. The number of carbonyl (C=O) groups is 1. The molecular formula is C12H13N3O2S. The van der Waals surface area contributed by atoms with Crippen LogP contribution < -0.4 is 10.7 Å². The van der Waals surface area contributed by atoms with Crippen LogP contribution >= 0.6 is 11.3 Å². The van der Waals surface area contributed by atoms with Gasteiger partial charge in [0.15, 0.2) is 5.43 Å². The first kappa shape index (κ1) is 12.5. The number of hydrogen-bond donors (Lipinski definition) is 2. The number of hydrogen-bond acceptors (Lipinski definition) is 4. The van der Waals surface area contributed by atoms with Gasteiger partial charge in [-0.05, 0) is 6.92 Å². The third-order valence-corrected chi connectivity index (χ3v) is 3.22. The molecule has 2 aromatic heterocycles. The van der Waals surface area contributed by atoms with Gasteiger partial charge in [0.25, 0.3) is 5.91 Å². The molecule has 0 unspecified atom stereocenters. The Morgan fingerprint density at radius 3 is 3.06 bits per heavy atom. The number of H-pyrrole nitrogens is 1. The molecule has 0 saturated carbocycles. The molecule has 0 radical (unpaired) electrons. The Morgan fingerprint density at radius 1 is 1.56 bits per heavy atom. The highest BCUT2D eigenvalue weighted by atomic mass is 32.1. The second-order valence-electron chi connectivity index (χ2n) is 3.79. The van der Waals surface area contributed by atoms with Gasteiger partial charge in [0.2, 0.25) is 0 Å². The minimum atomic E-state index is -0.358. The Balaban J connectivity index is 1.89. The van der Waals surface area contributed by atoms with Gasteiger partial charge in [-0.2, -0.15) is 0 Å². The molecule has 2 aromatic rings. The molecule has 0 aliphatic heterocycles. The number of aryl methyl sites for hydroxylation is 1. The summed E-state index contributed by atoms with van der Waals surface area (Å²) in [6.07, 6.45) is 3.57. The maximum absolute atomic E-state index is 11.7. The summed E-state index contributed by atoms with van der Waals surface area (Å²) in [4.78, 5) is 30.1. The quantitative estimate of drug-likeness (QED) is 0.867. The zero-order chi connectivity index (χ0) is 13.0. The van der Waals surface area contributed by atoms with Gasteiger partial charge in [-0.3, -0.25) is 9.59 Å². The number of amides is 1. The van der Waals surface area contributed by atoms with E-state index in [1.165, 1.54) is 18.5 Å². The second-order valence-corrected chi connectivity index (χ2v) is 4.85. The number of thiazole rings is 1. The van der Waals surface area contributed by atoms with Gasteiger partial charge in [-0.15, -0.1) is 11.3 Å². The van der Waals surface area contributed by atoms with Gasteiger partial charge in [0, 0.05) is 36.8 Å². The van der Waals surface area contributed by atoms with E-state index < -0.39 is 0 Å². The van der Waals surface area contributed by atoms with Crippen LogP contribution in [0.25, 0.3) is 0 Å². The molecule has 0 fully saturated rings. The van der Waals surface area contributed by atoms with E-state index in [1.54, 1.807) is 11.3 Å². The first-order valence-corrected chi connectivity index (χ1v) is 6.41. The predicted molar refractivity (Wildman–Crippen MR) is 70.0 cm³/mol. The van der Waals surface area contributed by atoms with Crippen LogP contribution in [0.2, 0.25) is 0 Å². The molecule has 2 rings (SSSR count). The van der Waals surface area contributed by atoms with Crippen LogP contribution in [-0.4, -0.2) is 22.4 Å². The summed E-state index contributed by atoms with van der Waals surface area (Å²) in [5.74, 6) is -0.358. The van der Waals surface area contributed by atoms with Crippen molar-refractivity contribution in [1.29, 1.82) is 0 Å². The summed E-state index contributed by atoms with van der Waals surface area (Å²) < 4.78 is 0. The van der Waals surface area contributed by atoms with Crippen LogP contribution in [0.4, 0.5) is 0 Å². The molecule has 0 atom stereocenters. The van der Waals surface area contributed by atoms with E-state index in [0.717, 1.165) is 10.7 Å². The first-order valence-electron chi connectivity index (χ1n) is 5.53. The summed E-state index contributed by atoms with van der Waals surface area (Å²) in [6, 6.07) is 1.33. The lowest BCUT2D eigenvalue weighted by atomic mass is 10.2. The van der Waals surface area contributed by atoms with Crippen LogP contribution in [0.15, 0.2) is 28.6 Å². The fourth-order valence-electron chi connectivity index (χ4n) is 1.52. The third kappa shape index (κ3) is 3.04. The normalized spacial score (nSPS) is 10.3. The molecule has 0 aliphatic rings. The number of rotatable bonds is 4. The smallest absolute Gasteiger partial charge is 0.256 e. The van der Waals surface area contributed by atoms with Crippen molar-refractivity contribution in [2.45, 2.75) is 13.3 Å². The van der Waals surface area contributed by atoms with E-state index in [1.807, 2.05) is 12.3 Å². The highest BCUT2D eigenvalue weighted by molar-refractivity contribution is 7.09. The van der Waals surface area contributed by atoms with Crippen molar-refractivity contribution in [2.75, 3.05) is 6.54 Å². The van der Waals surface area contributed by atoms with Crippen molar-refractivity contribution in [3.8, 4) is 0 Å². The Hall–Kier alpha value is -1.95. The molecule has 0 aromatic carbocycles. The Morgan fingerprint density at radius 2 is 2.39 bits per heavy atom. The Bertz CT molecular complexity index is 603. The molecule has 0 aliphatic carbocycles. The summed E-state index contributed by atoms with van der Waals surface area (Å²) in [5.41, 5.74) is 0.808. The number of carbonyl (C=O) groups excluding carboxylic acids is 1. The molecule has 2 N–H and O–H groups in total. The van der Waals surface area contributed by atoms with Gasteiger partial charge in [0.1, 0.15) is 5.56 Å². The number of nitrogens with one attached hydrogen (secondary N) is 2. The van der Waals surface area contributed by atoms with E-state index in [0.29, 0.717) is 13.0 Å². The van der Waals surface area contributed by atoms with Crippen molar-refractivity contribution in [3.05, 3.63) is 50.3 Å². The fraction of sp³-hybridized carbons (Fsp3) is 0.250. The third-order valence-electron chi connectivity index (χ3n) is 2.40. The van der Waals surface area contributed by atoms with Crippen LogP contribution in [0, 0.1) is 6.92 Å². The molecule has 1 amide bonds. The predicted octanol–water partition coefficient (Wildman–Crippen LogP) is 1.11. The average molecular weight is 263 g/mol. The zero-order valence-electron chi connectivity index (χ0n) is 9.90. The van der Waals surface area contributed by atoms with Crippen LogP contribution in [0.1, 0.15) is 21.1 Å². The highest BCUT2D eigenvalue weighted by Gasteiger charge is 2.08. The Kier molecular flexibility index (Phi) is 3.88. The van der Waals surface area contributed by atoms with E-state index in [2.05, 4.69) is 15.3 Å². The SMILES string of the molecule is Cc1nc(CCNC(=O)c2c[nH]ccc2=O)cs1.